The van der Waals surface area contributed by atoms with Gasteiger partial charge in [-0.25, -0.2) is 4.79 Å². The molecule has 0 aromatic rings. The van der Waals surface area contributed by atoms with Gasteiger partial charge in [0.25, 0.3) is 0 Å². The number of hydrogen-bond donors (Lipinski definition) is 2. The fraction of sp³-hybridized carbons (Fsp3) is 0.778. The van der Waals surface area contributed by atoms with Gasteiger partial charge in [0.1, 0.15) is 6.54 Å². The molecule has 0 bridgehead atoms. The standard InChI is InChI=1S/C9H16N2O4S/c1-16(15)5-4-10-9(14)11(6-8(12)13)7-2-3-7/h7H,2-6H2,1H3,(H,10,14)(H,12,13). The van der Waals surface area contributed by atoms with Gasteiger partial charge in [0.2, 0.25) is 0 Å². The lowest BCUT2D eigenvalue weighted by Gasteiger charge is -2.20. The molecule has 1 unspecified atom stereocenters. The van der Waals surface area contributed by atoms with Gasteiger partial charge in [-0.05, 0) is 12.8 Å². The van der Waals surface area contributed by atoms with Crippen LogP contribution in [0.15, 0.2) is 0 Å². The minimum Gasteiger partial charge on any atom is -0.480 e. The van der Waals surface area contributed by atoms with Gasteiger partial charge in [-0.15, -0.1) is 0 Å². The van der Waals surface area contributed by atoms with Crippen molar-refractivity contribution < 1.29 is 18.9 Å². The lowest BCUT2D eigenvalue weighted by atomic mass is 10.5. The van der Waals surface area contributed by atoms with E-state index in [0.29, 0.717) is 12.3 Å². The third-order valence-electron chi connectivity index (χ3n) is 2.22. The van der Waals surface area contributed by atoms with Crippen LogP contribution in [-0.2, 0) is 15.6 Å². The summed E-state index contributed by atoms with van der Waals surface area (Å²) in [6.07, 6.45) is 3.28. The van der Waals surface area contributed by atoms with E-state index in [1.165, 1.54) is 4.90 Å². The van der Waals surface area contributed by atoms with E-state index < -0.39 is 16.8 Å². The predicted molar refractivity (Wildman–Crippen MR) is 59.7 cm³/mol. The molecule has 0 radical (unpaired) electrons. The molecule has 0 aromatic carbocycles. The summed E-state index contributed by atoms with van der Waals surface area (Å²) in [5, 5.41) is 11.2. The number of aliphatic carboxylic acids is 1. The van der Waals surface area contributed by atoms with Crippen LogP contribution in [-0.4, -0.2) is 57.4 Å². The van der Waals surface area contributed by atoms with Crippen LogP contribution >= 0.6 is 0 Å². The van der Waals surface area contributed by atoms with Crippen LogP contribution in [0.3, 0.4) is 0 Å². The molecule has 6 nitrogen and oxygen atoms in total. The molecule has 1 fully saturated rings. The Bertz CT molecular complexity index is 304. The molecule has 1 aliphatic carbocycles. The van der Waals surface area contributed by atoms with Crippen molar-refractivity contribution in [2.45, 2.75) is 18.9 Å². The van der Waals surface area contributed by atoms with Crippen molar-refractivity contribution in [2.75, 3.05) is 25.1 Å². The van der Waals surface area contributed by atoms with Gasteiger partial charge in [-0.3, -0.25) is 9.00 Å². The highest BCUT2D eigenvalue weighted by Crippen LogP contribution is 2.26. The average Bonchev–Trinajstić information content (AvgIpc) is 2.96. The fourth-order valence-electron chi connectivity index (χ4n) is 1.30. The summed E-state index contributed by atoms with van der Waals surface area (Å²) in [6, 6.07) is -0.321. The Morgan fingerprint density at radius 2 is 2.12 bits per heavy atom. The van der Waals surface area contributed by atoms with Crippen LogP contribution in [0.2, 0.25) is 0 Å². The van der Waals surface area contributed by atoms with Gasteiger partial charge in [0, 0.05) is 35.4 Å². The number of carboxylic acid groups (broad SMARTS) is 1. The van der Waals surface area contributed by atoms with E-state index in [-0.39, 0.29) is 18.6 Å². The maximum atomic E-state index is 11.6. The van der Waals surface area contributed by atoms with Crippen molar-refractivity contribution >= 4 is 22.8 Å². The second kappa shape index (κ2) is 5.83. The van der Waals surface area contributed by atoms with Gasteiger partial charge in [-0.2, -0.15) is 0 Å². The summed E-state index contributed by atoms with van der Waals surface area (Å²) in [7, 11) is -0.951. The Morgan fingerprint density at radius 1 is 1.50 bits per heavy atom. The topological polar surface area (TPSA) is 86.7 Å². The van der Waals surface area contributed by atoms with Crippen molar-refractivity contribution in [3.8, 4) is 0 Å². The van der Waals surface area contributed by atoms with Crippen LogP contribution in [0.4, 0.5) is 4.79 Å². The molecule has 7 heteroatoms. The molecule has 1 rings (SSSR count). The summed E-state index contributed by atoms with van der Waals surface area (Å²) in [5.74, 6) is -0.627. The number of rotatable bonds is 6. The lowest BCUT2D eigenvalue weighted by Crippen LogP contribution is -2.45. The van der Waals surface area contributed by atoms with Crippen LogP contribution in [0.5, 0.6) is 0 Å². The first-order valence-corrected chi connectivity index (χ1v) is 6.79. The molecular formula is C9H16N2O4S. The van der Waals surface area contributed by atoms with Crippen LogP contribution in [0, 0.1) is 0 Å². The Kier molecular flexibility index (Phi) is 4.72. The highest BCUT2D eigenvalue weighted by molar-refractivity contribution is 7.84. The largest absolute Gasteiger partial charge is 0.480 e. The molecule has 16 heavy (non-hydrogen) atoms. The minimum absolute atomic E-state index is 0.0585. The molecule has 0 saturated heterocycles. The first kappa shape index (κ1) is 13.0. The van der Waals surface area contributed by atoms with Gasteiger partial charge < -0.3 is 15.3 Å². The van der Waals surface area contributed by atoms with E-state index in [4.69, 9.17) is 5.11 Å². The zero-order valence-corrected chi connectivity index (χ0v) is 9.96. The summed E-state index contributed by atoms with van der Waals surface area (Å²) >= 11 is 0. The zero-order valence-electron chi connectivity index (χ0n) is 9.14. The summed E-state index contributed by atoms with van der Waals surface area (Å²) in [5.41, 5.74) is 0. The molecule has 1 atom stereocenters. The fourth-order valence-corrected chi connectivity index (χ4v) is 1.69. The smallest absolute Gasteiger partial charge is 0.323 e. The van der Waals surface area contributed by atoms with Gasteiger partial charge in [0.15, 0.2) is 0 Å². The Labute approximate surface area is 96.5 Å². The highest BCUT2D eigenvalue weighted by Gasteiger charge is 2.33. The third kappa shape index (κ3) is 4.61. The number of hydrogen-bond acceptors (Lipinski definition) is 3. The maximum absolute atomic E-state index is 11.6. The van der Waals surface area contributed by atoms with E-state index >= 15 is 0 Å². The predicted octanol–water partition coefficient (Wildman–Crippen LogP) is -0.376. The molecule has 0 aromatic heterocycles. The van der Waals surface area contributed by atoms with Crippen molar-refractivity contribution in [1.82, 2.24) is 10.2 Å². The van der Waals surface area contributed by atoms with E-state index in [1.54, 1.807) is 6.26 Å². The molecule has 1 aliphatic rings. The highest BCUT2D eigenvalue weighted by atomic mass is 32.2. The van der Waals surface area contributed by atoms with Gasteiger partial charge in [0.05, 0.1) is 0 Å². The minimum atomic E-state index is -1.01. The molecule has 0 spiro atoms. The van der Waals surface area contributed by atoms with E-state index in [1.807, 2.05) is 0 Å². The SMILES string of the molecule is CS(=O)CCNC(=O)N(CC(=O)O)C1CC1. The van der Waals surface area contributed by atoms with E-state index in [0.717, 1.165) is 12.8 Å². The molecule has 2 amide bonds. The van der Waals surface area contributed by atoms with Crippen LogP contribution < -0.4 is 5.32 Å². The first-order chi connectivity index (χ1) is 7.50. The van der Waals surface area contributed by atoms with Crippen LogP contribution in [0.25, 0.3) is 0 Å². The molecular weight excluding hydrogens is 232 g/mol. The Hall–Kier alpha value is -1.11. The number of nitrogens with one attached hydrogen (secondary N) is 1. The van der Waals surface area contributed by atoms with Crippen molar-refractivity contribution in [2.24, 2.45) is 0 Å². The quantitative estimate of drug-likeness (QED) is 0.671. The Morgan fingerprint density at radius 3 is 2.56 bits per heavy atom. The van der Waals surface area contributed by atoms with Gasteiger partial charge in [-0.1, -0.05) is 0 Å². The summed E-state index contributed by atoms with van der Waals surface area (Å²) in [4.78, 5) is 23.5. The van der Waals surface area contributed by atoms with Crippen molar-refractivity contribution in [3.63, 3.8) is 0 Å². The monoisotopic (exact) mass is 248 g/mol. The Balaban J connectivity index is 2.35. The number of urea groups is 1. The van der Waals surface area contributed by atoms with Crippen molar-refractivity contribution in [1.29, 1.82) is 0 Å². The number of carbonyl (C=O) groups excluding carboxylic acids is 1. The molecule has 1 saturated carbocycles. The number of amides is 2. The van der Waals surface area contributed by atoms with E-state index in [2.05, 4.69) is 5.32 Å². The zero-order chi connectivity index (χ0) is 12.1. The maximum Gasteiger partial charge on any atom is 0.323 e. The summed E-state index contributed by atoms with van der Waals surface area (Å²) in [6.45, 7) is 0.0382. The van der Waals surface area contributed by atoms with Gasteiger partial charge >= 0.3 is 12.0 Å². The van der Waals surface area contributed by atoms with E-state index in [9.17, 15) is 13.8 Å². The second-order valence-electron chi connectivity index (χ2n) is 3.76. The van der Waals surface area contributed by atoms with Crippen LogP contribution in [0.1, 0.15) is 12.8 Å². The lowest BCUT2D eigenvalue weighted by molar-refractivity contribution is -0.137. The normalized spacial score (nSPS) is 16.6. The average molecular weight is 248 g/mol. The molecule has 2 N–H and O–H groups in total. The number of nitrogens with zero attached hydrogens (tertiary/aromatic N) is 1. The number of carboxylic acids is 1. The third-order valence-corrected chi connectivity index (χ3v) is 3.00. The molecule has 0 heterocycles. The molecule has 92 valence electrons. The second-order valence-corrected chi connectivity index (χ2v) is 5.32. The first-order valence-electron chi connectivity index (χ1n) is 5.07. The van der Waals surface area contributed by atoms with Crippen molar-refractivity contribution in [3.05, 3.63) is 0 Å². The number of carbonyl (C=O) groups is 2. The molecule has 0 aliphatic heterocycles. The summed E-state index contributed by atoms with van der Waals surface area (Å²) < 4.78 is 10.8.